The van der Waals surface area contributed by atoms with Crippen LogP contribution in [-0.4, -0.2) is 57.1 Å². The Labute approximate surface area is 206 Å². The summed E-state index contributed by atoms with van der Waals surface area (Å²) in [5.74, 6) is -3.11. The van der Waals surface area contributed by atoms with E-state index >= 15 is 0 Å². The van der Waals surface area contributed by atoms with Gasteiger partial charge in [-0.25, -0.2) is 17.2 Å². The number of carbonyl (C=O) groups is 2. The molecule has 10 heteroatoms. The highest BCUT2D eigenvalue weighted by Crippen LogP contribution is 2.21. The Morgan fingerprint density at radius 2 is 1.69 bits per heavy atom. The fraction of sp³-hybridized carbons (Fsp3) is 0.440. The van der Waals surface area contributed by atoms with Gasteiger partial charge >= 0.3 is 0 Å². The summed E-state index contributed by atoms with van der Waals surface area (Å²) in [5.41, 5.74) is 0.767. The summed E-state index contributed by atoms with van der Waals surface area (Å²) in [5, 5.41) is 2.84. The summed E-state index contributed by atoms with van der Waals surface area (Å²) >= 11 is 0. The molecule has 0 bridgehead atoms. The number of nitrogens with zero attached hydrogens (tertiary/aromatic N) is 2. The average molecular weight is 510 g/mol. The molecule has 1 N–H and O–H groups in total. The van der Waals surface area contributed by atoms with Crippen LogP contribution < -0.4 is 9.62 Å². The Morgan fingerprint density at radius 1 is 1.03 bits per heavy atom. The van der Waals surface area contributed by atoms with Gasteiger partial charge in [0.2, 0.25) is 21.8 Å². The molecule has 0 unspecified atom stereocenters. The largest absolute Gasteiger partial charge is 0.354 e. The van der Waals surface area contributed by atoms with E-state index in [1.165, 1.54) is 4.90 Å². The van der Waals surface area contributed by atoms with E-state index in [1.807, 2.05) is 44.2 Å². The van der Waals surface area contributed by atoms with Crippen molar-refractivity contribution in [2.24, 2.45) is 5.92 Å². The van der Waals surface area contributed by atoms with Crippen molar-refractivity contribution in [2.75, 3.05) is 30.2 Å². The van der Waals surface area contributed by atoms with Crippen molar-refractivity contribution >= 4 is 27.5 Å². The lowest BCUT2D eigenvalue weighted by Gasteiger charge is -2.33. The van der Waals surface area contributed by atoms with Crippen molar-refractivity contribution in [2.45, 2.75) is 39.7 Å². The van der Waals surface area contributed by atoms with Crippen molar-refractivity contribution in [1.82, 2.24) is 10.2 Å². The van der Waals surface area contributed by atoms with E-state index < -0.39 is 40.2 Å². The number of sulfonamides is 1. The van der Waals surface area contributed by atoms with Crippen molar-refractivity contribution in [3.8, 4) is 0 Å². The molecule has 0 aliphatic heterocycles. The van der Waals surface area contributed by atoms with Gasteiger partial charge in [-0.3, -0.25) is 13.9 Å². The van der Waals surface area contributed by atoms with Crippen molar-refractivity contribution in [3.05, 3.63) is 65.7 Å². The molecule has 0 saturated carbocycles. The normalized spacial score (nSPS) is 12.3. The van der Waals surface area contributed by atoms with E-state index in [4.69, 9.17) is 0 Å². The maximum absolute atomic E-state index is 13.8. The summed E-state index contributed by atoms with van der Waals surface area (Å²) < 4.78 is 52.9. The van der Waals surface area contributed by atoms with Crippen LogP contribution in [0.4, 0.5) is 14.5 Å². The van der Waals surface area contributed by atoms with Crippen LogP contribution in [0.1, 0.15) is 32.8 Å². The Balaban J connectivity index is 2.36. The maximum atomic E-state index is 13.8. The molecule has 0 aromatic heterocycles. The number of amides is 2. The third-order valence-electron chi connectivity index (χ3n) is 5.43. The first-order chi connectivity index (χ1) is 16.4. The second-order valence-corrected chi connectivity index (χ2v) is 10.7. The summed E-state index contributed by atoms with van der Waals surface area (Å²) in [4.78, 5) is 27.8. The third kappa shape index (κ3) is 8.31. The second-order valence-electron chi connectivity index (χ2n) is 8.75. The molecule has 2 aromatic rings. The number of anilines is 1. The number of benzene rings is 2. The van der Waals surface area contributed by atoms with Crippen LogP contribution in [0.25, 0.3) is 0 Å². The highest BCUT2D eigenvalue weighted by Gasteiger charge is 2.31. The van der Waals surface area contributed by atoms with Crippen LogP contribution in [0, 0.1) is 17.6 Å². The quantitative estimate of drug-likeness (QED) is 0.476. The van der Waals surface area contributed by atoms with Gasteiger partial charge in [0.25, 0.3) is 0 Å². The molecule has 35 heavy (non-hydrogen) atoms. The smallest absolute Gasteiger partial charge is 0.244 e. The number of halogens is 2. The van der Waals surface area contributed by atoms with Gasteiger partial charge in [0.15, 0.2) is 11.6 Å². The fourth-order valence-corrected chi connectivity index (χ4v) is 4.41. The molecule has 0 fully saturated rings. The highest BCUT2D eigenvalue weighted by atomic mass is 32.2. The second kappa shape index (κ2) is 12.6. The minimum Gasteiger partial charge on any atom is -0.354 e. The minimum atomic E-state index is -4.02. The van der Waals surface area contributed by atoms with Gasteiger partial charge in [0, 0.05) is 19.2 Å². The zero-order valence-corrected chi connectivity index (χ0v) is 21.3. The minimum absolute atomic E-state index is 0.172. The molecule has 0 spiro atoms. The van der Waals surface area contributed by atoms with Crippen molar-refractivity contribution in [1.29, 1.82) is 0 Å². The van der Waals surface area contributed by atoms with Gasteiger partial charge in [-0.2, -0.15) is 0 Å². The van der Waals surface area contributed by atoms with Crippen molar-refractivity contribution < 1.29 is 26.8 Å². The summed E-state index contributed by atoms with van der Waals surface area (Å²) in [6.07, 6.45) is 1.64. The molecule has 2 amide bonds. The number of nitrogens with one attached hydrogen (secondary N) is 1. The molecule has 1 atom stereocenters. The first-order valence-corrected chi connectivity index (χ1v) is 13.3. The topological polar surface area (TPSA) is 86.8 Å². The van der Waals surface area contributed by atoms with Gasteiger partial charge in [0.05, 0.1) is 11.9 Å². The molecule has 0 aliphatic carbocycles. The number of hydrogen-bond acceptors (Lipinski definition) is 4. The van der Waals surface area contributed by atoms with Gasteiger partial charge in [-0.1, -0.05) is 51.1 Å². The third-order valence-corrected chi connectivity index (χ3v) is 6.57. The summed E-state index contributed by atoms with van der Waals surface area (Å²) in [6.45, 7) is 5.61. The fourth-order valence-electron chi connectivity index (χ4n) is 3.57. The summed E-state index contributed by atoms with van der Waals surface area (Å²) in [6, 6.07) is 11.2. The molecular weight excluding hydrogens is 476 g/mol. The molecule has 0 aliphatic rings. The van der Waals surface area contributed by atoms with E-state index in [9.17, 15) is 26.8 Å². The molecule has 0 saturated heterocycles. The van der Waals surface area contributed by atoms with Crippen LogP contribution in [0.2, 0.25) is 0 Å². The lowest BCUT2D eigenvalue weighted by Crippen LogP contribution is -2.53. The lowest BCUT2D eigenvalue weighted by atomic mass is 10.1. The van der Waals surface area contributed by atoms with Gasteiger partial charge < -0.3 is 10.2 Å². The Bertz CT molecular complexity index is 1110. The van der Waals surface area contributed by atoms with E-state index in [0.29, 0.717) is 23.7 Å². The molecule has 7 nitrogen and oxygen atoms in total. The van der Waals surface area contributed by atoms with E-state index in [-0.39, 0.29) is 24.1 Å². The van der Waals surface area contributed by atoms with Gasteiger partial charge in [0.1, 0.15) is 12.6 Å². The van der Waals surface area contributed by atoms with E-state index in [1.54, 1.807) is 6.92 Å². The van der Waals surface area contributed by atoms with Crippen LogP contribution in [0.15, 0.2) is 48.5 Å². The van der Waals surface area contributed by atoms with Crippen molar-refractivity contribution in [3.63, 3.8) is 0 Å². The van der Waals surface area contributed by atoms with Crippen LogP contribution in [-0.2, 0) is 26.0 Å². The monoisotopic (exact) mass is 509 g/mol. The Kier molecular flexibility index (Phi) is 10.2. The summed E-state index contributed by atoms with van der Waals surface area (Å²) in [7, 11) is -4.02. The van der Waals surface area contributed by atoms with Crippen LogP contribution >= 0.6 is 0 Å². The SMILES string of the molecule is CC[C@H](C(=O)NCC(C)C)N(CCc1ccccc1)C(=O)CN(c1ccc(F)c(F)c1)S(C)(=O)=O. The number of hydrogen-bond donors (Lipinski definition) is 1. The van der Waals surface area contributed by atoms with Crippen LogP contribution in [0.3, 0.4) is 0 Å². The first-order valence-electron chi connectivity index (χ1n) is 11.5. The zero-order chi connectivity index (χ0) is 26.2. The number of carbonyl (C=O) groups excluding carboxylic acids is 2. The molecule has 2 aromatic carbocycles. The molecule has 0 heterocycles. The first kappa shape index (κ1) is 28.2. The predicted octanol–water partition coefficient (Wildman–Crippen LogP) is 3.35. The maximum Gasteiger partial charge on any atom is 0.244 e. The standard InChI is InChI=1S/C25H33F2N3O4S/c1-5-23(25(32)28-16-18(2)3)29(14-13-19-9-7-6-8-10-19)24(31)17-30(35(4,33)34)20-11-12-21(26)22(27)15-20/h6-12,15,18,23H,5,13-14,16-17H2,1-4H3,(H,28,32)/t23-/m1/s1. The van der Waals surface area contributed by atoms with E-state index in [0.717, 1.165) is 30.0 Å². The average Bonchev–Trinajstić information content (AvgIpc) is 2.80. The molecule has 2 rings (SSSR count). The lowest BCUT2D eigenvalue weighted by molar-refractivity contribution is -0.139. The zero-order valence-electron chi connectivity index (χ0n) is 20.5. The Hall–Kier alpha value is -3.01. The van der Waals surface area contributed by atoms with Crippen LogP contribution in [0.5, 0.6) is 0 Å². The van der Waals surface area contributed by atoms with Gasteiger partial charge in [-0.15, -0.1) is 0 Å². The highest BCUT2D eigenvalue weighted by molar-refractivity contribution is 7.92. The molecule has 192 valence electrons. The molecule has 0 radical (unpaired) electrons. The number of rotatable bonds is 12. The van der Waals surface area contributed by atoms with E-state index in [2.05, 4.69) is 5.32 Å². The predicted molar refractivity (Wildman–Crippen MR) is 132 cm³/mol. The Morgan fingerprint density at radius 3 is 2.23 bits per heavy atom. The van der Waals surface area contributed by atoms with Gasteiger partial charge in [-0.05, 0) is 36.5 Å². The molecular formula is C25H33F2N3O4S.